The summed E-state index contributed by atoms with van der Waals surface area (Å²) in [7, 11) is -3.83. The molecule has 2 aromatic carbocycles. The molecule has 0 radical (unpaired) electrons. The first-order valence-electron chi connectivity index (χ1n) is 9.05. The van der Waals surface area contributed by atoms with Gasteiger partial charge in [-0.3, -0.25) is 9.10 Å². The fourth-order valence-corrected chi connectivity index (χ4v) is 5.00. The highest BCUT2D eigenvalue weighted by atomic mass is 32.2. The highest BCUT2D eigenvalue weighted by molar-refractivity contribution is 7.93. The Morgan fingerprint density at radius 3 is 2.64 bits per heavy atom. The molecule has 0 aliphatic carbocycles. The molecular formula is C21H20N2O4S. The fourth-order valence-electron chi connectivity index (χ4n) is 3.35. The number of carbonyl (C=O) groups excluding carboxylic acids is 1. The van der Waals surface area contributed by atoms with Crippen LogP contribution in [0.25, 0.3) is 11.1 Å². The maximum atomic E-state index is 13.2. The lowest BCUT2D eigenvalue weighted by molar-refractivity contribution is -0.119. The van der Waals surface area contributed by atoms with Crippen LogP contribution in [0.4, 0.5) is 5.69 Å². The SMILES string of the molecule is CCc1ccc2c(c1)-c1ccccc1S(=O)(=O)N2CC(=O)NCc1ccco1. The van der Waals surface area contributed by atoms with Crippen molar-refractivity contribution >= 4 is 21.6 Å². The Labute approximate surface area is 163 Å². The summed E-state index contributed by atoms with van der Waals surface area (Å²) in [5.41, 5.74) is 3.11. The standard InChI is InChI=1S/C21H20N2O4S/c1-2-15-9-10-19-18(12-15)17-7-3-4-8-20(17)28(25,26)23(19)14-21(24)22-13-16-6-5-11-27-16/h3-12H,2,13-14H2,1H3,(H,22,24). The number of rotatable bonds is 5. The number of aryl methyl sites for hydroxylation is 1. The van der Waals surface area contributed by atoms with Gasteiger partial charge < -0.3 is 9.73 Å². The molecule has 0 fully saturated rings. The van der Waals surface area contributed by atoms with E-state index in [4.69, 9.17) is 4.42 Å². The molecule has 2 heterocycles. The van der Waals surface area contributed by atoms with Crippen LogP contribution in [0.3, 0.4) is 0 Å². The van der Waals surface area contributed by atoms with Crippen molar-refractivity contribution < 1.29 is 17.6 Å². The van der Waals surface area contributed by atoms with Crippen LogP contribution in [0.5, 0.6) is 0 Å². The van der Waals surface area contributed by atoms with Gasteiger partial charge in [-0.25, -0.2) is 8.42 Å². The quantitative estimate of drug-likeness (QED) is 0.717. The zero-order chi connectivity index (χ0) is 19.7. The Balaban J connectivity index is 1.70. The number of anilines is 1. The zero-order valence-electron chi connectivity index (χ0n) is 15.4. The number of benzene rings is 2. The molecule has 0 saturated carbocycles. The van der Waals surface area contributed by atoms with Crippen molar-refractivity contribution in [2.45, 2.75) is 24.8 Å². The molecule has 6 nitrogen and oxygen atoms in total. The minimum Gasteiger partial charge on any atom is -0.467 e. The van der Waals surface area contributed by atoms with E-state index < -0.39 is 15.9 Å². The summed E-state index contributed by atoms with van der Waals surface area (Å²) in [5, 5.41) is 2.71. The maximum absolute atomic E-state index is 13.2. The number of hydrogen-bond acceptors (Lipinski definition) is 4. The first-order chi connectivity index (χ1) is 13.5. The molecular weight excluding hydrogens is 376 g/mol. The van der Waals surface area contributed by atoms with Gasteiger partial charge in [-0.15, -0.1) is 0 Å². The molecule has 144 valence electrons. The van der Waals surface area contributed by atoms with Crippen LogP contribution in [0.15, 0.2) is 70.2 Å². The molecule has 28 heavy (non-hydrogen) atoms. The molecule has 0 atom stereocenters. The zero-order valence-corrected chi connectivity index (χ0v) is 16.2. The number of carbonyl (C=O) groups is 1. The van der Waals surface area contributed by atoms with E-state index in [-0.39, 0.29) is 18.0 Å². The average molecular weight is 396 g/mol. The third-order valence-corrected chi connectivity index (χ3v) is 6.63. The van der Waals surface area contributed by atoms with Gasteiger partial charge in [0.05, 0.1) is 23.4 Å². The summed E-state index contributed by atoms with van der Waals surface area (Å²) >= 11 is 0. The number of amides is 1. The Morgan fingerprint density at radius 1 is 1.07 bits per heavy atom. The number of furan rings is 1. The van der Waals surface area contributed by atoms with Crippen LogP contribution in [0.2, 0.25) is 0 Å². The van der Waals surface area contributed by atoms with Gasteiger partial charge in [-0.1, -0.05) is 31.2 Å². The fraction of sp³-hybridized carbons (Fsp3) is 0.190. The van der Waals surface area contributed by atoms with Gasteiger partial charge in [0.25, 0.3) is 10.0 Å². The smallest absolute Gasteiger partial charge is 0.265 e. The van der Waals surface area contributed by atoms with Gasteiger partial charge in [0.1, 0.15) is 12.3 Å². The van der Waals surface area contributed by atoms with E-state index in [0.29, 0.717) is 17.0 Å². The van der Waals surface area contributed by atoms with Crippen LogP contribution in [0.1, 0.15) is 18.2 Å². The normalized spacial score (nSPS) is 14.2. The van der Waals surface area contributed by atoms with Crippen molar-refractivity contribution in [1.82, 2.24) is 5.32 Å². The monoisotopic (exact) mass is 396 g/mol. The van der Waals surface area contributed by atoms with Crippen molar-refractivity contribution in [3.8, 4) is 11.1 Å². The van der Waals surface area contributed by atoms with Gasteiger partial charge in [0.2, 0.25) is 5.91 Å². The minimum absolute atomic E-state index is 0.206. The summed E-state index contributed by atoms with van der Waals surface area (Å²) in [5.74, 6) is 0.207. The first kappa shape index (κ1) is 18.3. The Morgan fingerprint density at radius 2 is 1.89 bits per heavy atom. The number of fused-ring (bicyclic) bond motifs is 3. The van der Waals surface area contributed by atoms with Crippen molar-refractivity contribution in [2.24, 2.45) is 0 Å². The van der Waals surface area contributed by atoms with Gasteiger partial charge in [-0.05, 0) is 42.3 Å². The second kappa shape index (κ2) is 7.16. The van der Waals surface area contributed by atoms with Crippen LogP contribution >= 0.6 is 0 Å². The van der Waals surface area contributed by atoms with Gasteiger partial charge >= 0.3 is 0 Å². The lowest BCUT2D eigenvalue weighted by Gasteiger charge is -2.32. The molecule has 1 aromatic heterocycles. The lowest BCUT2D eigenvalue weighted by atomic mass is 9.99. The van der Waals surface area contributed by atoms with Crippen molar-refractivity contribution in [2.75, 3.05) is 10.8 Å². The van der Waals surface area contributed by atoms with E-state index in [1.165, 1.54) is 10.6 Å². The molecule has 1 amide bonds. The molecule has 1 aliphatic heterocycles. The largest absolute Gasteiger partial charge is 0.467 e. The molecule has 4 rings (SSSR count). The lowest BCUT2D eigenvalue weighted by Crippen LogP contribution is -2.42. The molecule has 0 bridgehead atoms. The predicted octanol–water partition coefficient (Wildman–Crippen LogP) is 3.33. The van der Waals surface area contributed by atoms with Crippen LogP contribution in [0, 0.1) is 0 Å². The van der Waals surface area contributed by atoms with E-state index in [9.17, 15) is 13.2 Å². The third kappa shape index (κ3) is 3.18. The Hall–Kier alpha value is -3.06. The highest BCUT2D eigenvalue weighted by Gasteiger charge is 2.35. The van der Waals surface area contributed by atoms with E-state index >= 15 is 0 Å². The van der Waals surface area contributed by atoms with Gasteiger partial charge in [0.15, 0.2) is 0 Å². The summed E-state index contributed by atoms with van der Waals surface area (Å²) in [6.07, 6.45) is 2.36. The summed E-state index contributed by atoms with van der Waals surface area (Å²) in [6, 6.07) is 16.1. The number of hydrogen-bond donors (Lipinski definition) is 1. The van der Waals surface area contributed by atoms with Crippen LogP contribution < -0.4 is 9.62 Å². The highest BCUT2D eigenvalue weighted by Crippen LogP contribution is 2.43. The summed E-state index contributed by atoms with van der Waals surface area (Å²) < 4.78 is 32.8. The van der Waals surface area contributed by atoms with Crippen molar-refractivity contribution in [3.63, 3.8) is 0 Å². The molecule has 0 spiro atoms. The number of sulfonamides is 1. The van der Waals surface area contributed by atoms with E-state index in [1.807, 2.05) is 25.1 Å². The molecule has 0 saturated heterocycles. The number of nitrogens with zero attached hydrogens (tertiary/aromatic N) is 1. The molecule has 7 heteroatoms. The second-order valence-corrected chi connectivity index (χ2v) is 8.40. The van der Waals surface area contributed by atoms with Crippen LogP contribution in [-0.4, -0.2) is 20.9 Å². The Kier molecular flexibility index (Phi) is 4.68. The Bertz CT molecular complexity index is 1120. The third-order valence-electron chi connectivity index (χ3n) is 4.81. The average Bonchev–Trinajstić information content (AvgIpc) is 3.23. The molecule has 1 aliphatic rings. The van der Waals surface area contributed by atoms with Gasteiger partial charge in [0, 0.05) is 11.1 Å². The molecule has 1 N–H and O–H groups in total. The number of nitrogens with one attached hydrogen (secondary N) is 1. The second-order valence-electron chi connectivity index (χ2n) is 6.57. The predicted molar refractivity (Wildman–Crippen MR) is 106 cm³/mol. The van der Waals surface area contributed by atoms with E-state index in [1.54, 1.807) is 36.4 Å². The van der Waals surface area contributed by atoms with Crippen molar-refractivity contribution in [1.29, 1.82) is 0 Å². The topological polar surface area (TPSA) is 79.6 Å². The maximum Gasteiger partial charge on any atom is 0.265 e. The van der Waals surface area contributed by atoms with Crippen LogP contribution in [-0.2, 0) is 27.8 Å². The molecule has 0 unspecified atom stereocenters. The molecule has 3 aromatic rings. The minimum atomic E-state index is -3.83. The van der Waals surface area contributed by atoms with Crippen molar-refractivity contribution in [3.05, 3.63) is 72.2 Å². The van der Waals surface area contributed by atoms with E-state index in [2.05, 4.69) is 5.32 Å². The summed E-state index contributed by atoms with van der Waals surface area (Å²) in [6.45, 7) is 1.96. The van der Waals surface area contributed by atoms with E-state index in [0.717, 1.165) is 17.5 Å². The summed E-state index contributed by atoms with van der Waals surface area (Å²) in [4.78, 5) is 12.7. The first-order valence-corrected chi connectivity index (χ1v) is 10.5. The van der Waals surface area contributed by atoms with Gasteiger partial charge in [-0.2, -0.15) is 0 Å².